The lowest BCUT2D eigenvalue weighted by Gasteiger charge is -2.25. The zero-order valence-corrected chi connectivity index (χ0v) is 12.1. The molecule has 6 nitrogen and oxygen atoms in total. The molecule has 0 amide bonds. The molecule has 0 bridgehead atoms. The maximum absolute atomic E-state index is 11.6. The SMILES string of the molecule is CCOC(=O)CN(c1nccc(C(N)=S)n1)C(C)C. The lowest BCUT2D eigenvalue weighted by Crippen LogP contribution is -2.38. The highest BCUT2D eigenvalue weighted by molar-refractivity contribution is 7.80. The molecule has 2 N–H and O–H groups in total. The van der Waals surface area contributed by atoms with Crippen LogP contribution in [0.25, 0.3) is 0 Å². The van der Waals surface area contributed by atoms with Crippen LogP contribution in [-0.2, 0) is 9.53 Å². The second kappa shape index (κ2) is 6.98. The third kappa shape index (κ3) is 4.44. The Hall–Kier alpha value is -1.76. The molecule has 0 radical (unpaired) electrons. The average Bonchev–Trinajstić information content (AvgIpc) is 2.36. The lowest BCUT2D eigenvalue weighted by molar-refractivity contribution is -0.141. The summed E-state index contributed by atoms with van der Waals surface area (Å²) in [5, 5.41) is 0. The molecule has 1 aromatic heterocycles. The summed E-state index contributed by atoms with van der Waals surface area (Å²) in [6.07, 6.45) is 1.57. The van der Waals surface area contributed by atoms with E-state index in [1.54, 1.807) is 24.1 Å². The van der Waals surface area contributed by atoms with Gasteiger partial charge in [-0.2, -0.15) is 0 Å². The highest BCUT2D eigenvalue weighted by Crippen LogP contribution is 2.11. The first kappa shape index (κ1) is 15.3. The average molecular weight is 282 g/mol. The zero-order chi connectivity index (χ0) is 14.4. The first-order valence-corrected chi connectivity index (χ1v) is 6.41. The number of hydrogen-bond donors (Lipinski definition) is 1. The number of ether oxygens (including phenoxy) is 1. The van der Waals surface area contributed by atoms with Crippen LogP contribution in [0.2, 0.25) is 0 Å². The van der Waals surface area contributed by atoms with Gasteiger partial charge in [0.2, 0.25) is 5.95 Å². The first-order chi connectivity index (χ1) is 8.95. The minimum atomic E-state index is -0.319. The number of rotatable bonds is 6. The number of thiocarbonyl (C=S) groups is 1. The van der Waals surface area contributed by atoms with Crippen LogP contribution in [0.5, 0.6) is 0 Å². The van der Waals surface area contributed by atoms with Crippen LogP contribution in [0.15, 0.2) is 12.3 Å². The van der Waals surface area contributed by atoms with E-state index in [9.17, 15) is 4.79 Å². The number of anilines is 1. The highest BCUT2D eigenvalue weighted by Gasteiger charge is 2.18. The van der Waals surface area contributed by atoms with Crippen molar-refractivity contribution < 1.29 is 9.53 Å². The van der Waals surface area contributed by atoms with E-state index in [0.29, 0.717) is 18.2 Å². The van der Waals surface area contributed by atoms with Gasteiger partial charge in [-0.05, 0) is 26.8 Å². The van der Waals surface area contributed by atoms with Crippen LogP contribution in [0.4, 0.5) is 5.95 Å². The summed E-state index contributed by atoms with van der Waals surface area (Å²) >= 11 is 4.88. The van der Waals surface area contributed by atoms with E-state index in [-0.39, 0.29) is 23.5 Å². The molecule has 0 aliphatic heterocycles. The molecular formula is C12H18N4O2S. The van der Waals surface area contributed by atoms with Gasteiger partial charge in [0.25, 0.3) is 0 Å². The van der Waals surface area contributed by atoms with Crippen LogP contribution in [0.1, 0.15) is 26.5 Å². The Kier molecular flexibility index (Phi) is 5.62. The van der Waals surface area contributed by atoms with Gasteiger partial charge >= 0.3 is 5.97 Å². The molecule has 0 saturated carbocycles. The second-order valence-electron chi connectivity index (χ2n) is 4.13. The third-order valence-corrected chi connectivity index (χ3v) is 2.59. The molecule has 0 unspecified atom stereocenters. The zero-order valence-electron chi connectivity index (χ0n) is 11.3. The van der Waals surface area contributed by atoms with Crippen molar-refractivity contribution in [2.45, 2.75) is 26.8 Å². The number of carbonyl (C=O) groups excluding carboxylic acids is 1. The molecule has 0 aliphatic rings. The molecule has 1 aromatic rings. The molecule has 104 valence electrons. The smallest absolute Gasteiger partial charge is 0.325 e. The fraction of sp³-hybridized carbons (Fsp3) is 0.500. The molecule has 1 heterocycles. The van der Waals surface area contributed by atoms with Gasteiger partial charge in [-0.25, -0.2) is 9.97 Å². The first-order valence-electron chi connectivity index (χ1n) is 6.00. The van der Waals surface area contributed by atoms with Crippen molar-refractivity contribution in [3.05, 3.63) is 18.0 Å². The van der Waals surface area contributed by atoms with E-state index in [0.717, 1.165) is 0 Å². The van der Waals surface area contributed by atoms with Crippen molar-refractivity contribution >= 4 is 29.1 Å². The molecule has 0 fully saturated rings. The monoisotopic (exact) mass is 282 g/mol. The van der Waals surface area contributed by atoms with Gasteiger partial charge in [-0.1, -0.05) is 12.2 Å². The Morgan fingerprint density at radius 1 is 1.58 bits per heavy atom. The van der Waals surface area contributed by atoms with Gasteiger partial charge in [0, 0.05) is 12.2 Å². The van der Waals surface area contributed by atoms with E-state index in [2.05, 4.69) is 9.97 Å². The third-order valence-electron chi connectivity index (χ3n) is 2.38. The van der Waals surface area contributed by atoms with Crippen LogP contribution >= 0.6 is 12.2 Å². The van der Waals surface area contributed by atoms with Gasteiger partial charge in [0.1, 0.15) is 17.2 Å². The second-order valence-corrected chi connectivity index (χ2v) is 4.57. The minimum absolute atomic E-state index is 0.0472. The number of carbonyl (C=O) groups is 1. The maximum Gasteiger partial charge on any atom is 0.325 e. The van der Waals surface area contributed by atoms with Gasteiger partial charge < -0.3 is 15.4 Å². The van der Waals surface area contributed by atoms with E-state index in [1.165, 1.54) is 0 Å². The highest BCUT2D eigenvalue weighted by atomic mass is 32.1. The van der Waals surface area contributed by atoms with E-state index in [1.807, 2.05) is 13.8 Å². The number of esters is 1. The van der Waals surface area contributed by atoms with Gasteiger partial charge in [0.15, 0.2) is 0 Å². The Morgan fingerprint density at radius 2 is 2.26 bits per heavy atom. The molecule has 0 aliphatic carbocycles. The van der Waals surface area contributed by atoms with E-state index >= 15 is 0 Å². The summed E-state index contributed by atoms with van der Waals surface area (Å²) in [6, 6.07) is 1.68. The topological polar surface area (TPSA) is 81.3 Å². The van der Waals surface area contributed by atoms with Crippen LogP contribution < -0.4 is 10.6 Å². The number of nitrogens with zero attached hydrogens (tertiary/aromatic N) is 3. The summed E-state index contributed by atoms with van der Waals surface area (Å²) in [7, 11) is 0. The Morgan fingerprint density at radius 3 is 2.79 bits per heavy atom. The quantitative estimate of drug-likeness (QED) is 0.613. The standard InChI is InChI=1S/C12H18N4O2S/c1-4-18-10(17)7-16(8(2)3)12-14-6-5-9(15-12)11(13)19/h5-6,8H,4,7H2,1-3H3,(H2,13,19). The van der Waals surface area contributed by atoms with Crippen LogP contribution in [0, 0.1) is 0 Å². The summed E-state index contributed by atoms with van der Waals surface area (Å²) < 4.78 is 4.94. The molecule has 7 heteroatoms. The summed E-state index contributed by atoms with van der Waals surface area (Å²) in [5.74, 6) is 0.0916. The summed E-state index contributed by atoms with van der Waals surface area (Å²) in [6.45, 7) is 6.08. The fourth-order valence-electron chi connectivity index (χ4n) is 1.45. The van der Waals surface area contributed by atoms with Gasteiger partial charge in [-0.15, -0.1) is 0 Å². The van der Waals surface area contributed by atoms with Crippen molar-refractivity contribution in [1.29, 1.82) is 0 Å². The van der Waals surface area contributed by atoms with E-state index < -0.39 is 0 Å². The number of hydrogen-bond acceptors (Lipinski definition) is 6. The molecule has 0 atom stereocenters. The van der Waals surface area contributed by atoms with Crippen molar-refractivity contribution in [1.82, 2.24) is 9.97 Å². The molecular weight excluding hydrogens is 264 g/mol. The van der Waals surface area contributed by atoms with Crippen LogP contribution in [0.3, 0.4) is 0 Å². The van der Waals surface area contributed by atoms with Crippen molar-refractivity contribution in [3.63, 3.8) is 0 Å². The van der Waals surface area contributed by atoms with Crippen molar-refractivity contribution in [2.24, 2.45) is 5.73 Å². The predicted octanol–water partition coefficient (Wildman–Crippen LogP) is 0.889. The molecule has 19 heavy (non-hydrogen) atoms. The molecule has 0 saturated heterocycles. The predicted molar refractivity (Wildman–Crippen MR) is 77.0 cm³/mol. The molecule has 0 spiro atoms. The fourth-order valence-corrected chi connectivity index (χ4v) is 1.57. The van der Waals surface area contributed by atoms with Crippen molar-refractivity contribution in [2.75, 3.05) is 18.1 Å². The Labute approximate surface area is 118 Å². The summed E-state index contributed by atoms with van der Waals surface area (Å²) in [4.78, 5) is 21.9. The maximum atomic E-state index is 11.6. The largest absolute Gasteiger partial charge is 0.465 e. The Bertz CT molecular complexity index is 465. The molecule has 1 rings (SSSR count). The number of nitrogens with two attached hydrogens (primary N) is 1. The van der Waals surface area contributed by atoms with Gasteiger partial charge in [0.05, 0.1) is 6.61 Å². The number of aromatic nitrogens is 2. The lowest BCUT2D eigenvalue weighted by atomic mass is 10.3. The molecule has 0 aromatic carbocycles. The minimum Gasteiger partial charge on any atom is -0.465 e. The Balaban J connectivity index is 2.96. The van der Waals surface area contributed by atoms with Gasteiger partial charge in [-0.3, -0.25) is 4.79 Å². The van der Waals surface area contributed by atoms with E-state index in [4.69, 9.17) is 22.7 Å². The van der Waals surface area contributed by atoms with Crippen LogP contribution in [-0.4, -0.2) is 40.1 Å². The normalized spacial score (nSPS) is 10.3. The van der Waals surface area contributed by atoms with Crippen molar-refractivity contribution in [3.8, 4) is 0 Å². The summed E-state index contributed by atoms with van der Waals surface area (Å²) in [5.41, 5.74) is 6.02.